The van der Waals surface area contributed by atoms with Crippen molar-refractivity contribution in [2.45, 2.75) is 20.5 Å². The third-order valence-corrected chi connectivity index (χ3v) is 7.59. The number of anilines is 1. The first-order valence-corrected chi connectivity index (χ1v) is 13.5. The number of amides is 3. The van der Waals surface area contributed by atoms with Crippen LogP contribution in [0.15, 0.2) is 64.0 Å². The second-order valence-electron chi connectivity index (χ2n) is 8.55. The van der Waals surface area contributed by atoms with E-state index in [-0.39, 0.29) is 18.1 Å². The van der Waals surface area contributed by atoms with Crippen LogP contribution in [-0.4, -0.2) is 35.6 Å². The van der Waals surface area contributed by atoms with E-state index in [9.17, 15) is 14.4 Å². The fourth-order valence-corrected chi connectivity index (χ4v) is 5.32. The first-order valence-electron chi connectivity index (χ1n) is 11.5. The Morgan fingerprint density at radius 1 is 1.13 bits per heavy atom. The van der Waals surface area contributed by atoms with Crippen LogP contribution >= 0.6 is 39.3 Å². The molecule has 196 valence electrons. The molecular formula is C28H24BrClN2O5S. The predicted molar refractivity (Wildman–Crippen MR) is 154 cm³/mol. The zero-order valence-electron chi connectivity index (χ0n) is 20.8. The summed E-state index contributed by atoms with van der Waals surface area (Å²) in [6.07, 6.45) is 1.58. The first-order chi connectivity index (χ1) is 18.2. The Morgan fingerprint density at radius 2 is 1.89 bits per heavy atom. The van der Waals surface area contributed by atoms with E-state index in [1.807, 2.05) is 50.2 Å². The van der Waals surface area contributed by atoms with Crippen molar-refractivity contribution < 1.29 is 23.9 Å². The number of hydrogen-bond acceptors (Lipinski definition) is 6. The van der Waals surface area contributed by atoms with E-state index in [1.165, 1.54) is 7.11 Å². The molecule has 0 saturated carbocycles. The third-order valence-electron chi connectivity index (χ3n) is 5.72. The Hall–Kier alpha value is -3.27. The zero-order valence-corrected chi connectivity index (χ0v) is 24.0. The molecule has 38 heavy (non-hydrogen) atoms. The largest absolute Gasteiger partial charge is 0.493 e. The van der Waals surface area contributed by atoms with Gasteiger partial charge in [0.05, 0.1) is 16.5 Å². The van der Waals surface area contributed by atoms with E-state index in [0.29, 0.717) is 32.2 Å². The molecule has 3 aromatic carbocycles. The van der Waals surface area contributed by atoms with Gasteiger partial charge < -0.3 is 14.8 Å². The van der Waals surface area contributed by atoms with Crippen molar-refractivity contribution in [3.63, 3.8) is 0 Å². The summed E-state index contributed by atoms with van der Waals surface area (Å²) >= 11 is 10.5. The molecule has 1 aliphatic rings. The number of methoxy groups -OCH3 is 1. The smallest absolute Gasteiger partial charge is 0.294 e. The van der Waals surface area contributed by atoms with Crippen LogP contribution in [0.2, 0.25) is 5.02 Å². The number of ether oxygens (including phenoxy) is 2. The lowest BCUT2D eigenvalue weighted by Crippen LogP contribution is -2.36. The molecule has 7 nitrogen and oxygen atoms in total. The normalized spacial score (nSPS) is 14.2. The van der Waals surface area contributed by atoms with Gasteiger partial charge in [-0.3, -0.25) is 19.3 Å². The number of benzene rings is 3. The summed E-state index contributed by atoms with van der Waals surface area (Å²) in [5.41, 5.74) is 3.96. The number of rotatable bonds is 8. The van der Waals surface area contributed by atoms with Crippen LogP contribution in [0.4, 0.5) is 10.5 Å². The lowest BCUT2D eigenvalue weighted by molar-refractivity contribution is -0.127. The first kappa shape index (κ1) is 27.8. The van der Waals surface area contributed by atoms with E-state index in [4.69, 9.17) is 21.1 Å². The minimum absolute atomic E-state index is 0.202. The molecule has 1 aliphatic heterocycles. The molecule has 0 atom stereocenters. The van der Waals surface area contributed by atoms with Crippen LogP contribution in [0.25, 0.3) is 6.08 Å². The minimum atomic E-state index is -0.537. The average Bonchev–Trinajstić information content (AvgIpc) is 3.13. The van der Waals surface area contributed by atoms with Crippen LogP contribution in [0.3, 0.4) is 0 Å². The highest BCUT2D eigenvalue weighted by atomic mass is 79.9. The van der Waals surface area contributed by atoms with Crippen molar-refractivity contribution in [2.75, 3.05) is 19.0 Å². The Bertz CT molecular complexity index is 1460. The van der Waals surface area contributed by atoms with Crippen molar-refractivity contribution >= 4 is 68.1 Å². The van der Waals surface area contributed by atoms with Crippen molar-refractivity contribution in [2.24, 2.45) is 0 Å². The van der Waals surface area contributed by atoms with Gasteiger partial charge in [0.25, 0.3) is 11.1 Å². The number of nitrogens with one attached hydrogen (secondary N) is 1. The second kappa shape index (κ2) is 12.1. The number of aryl methyl sites for hydroxylation is 2. The molecule has 0 aromatic heterocycles. The van der Waals surface area contributed by atoms with Crippen LogP contribution in [0.5, 0.6) is 11.5 Å². The lowest BCUT2D eigenvalue weighted by Gasteiger charge is -2.15. The molecule has 0 spiro atoms. The van der Waals surface area contributed by atoms with Gasteiger partial charge in [-0.15, -0.1) is 0 Å². The standard InChI is InChI=1S/C28H24BrClN2O5S/c1-16-8-9-17(2)22(10-16)31-25(33)14-32-27(34)24(38-28(32)35)13-18-11-20(29)26(23(12-18)36-3)37-15-19-6-4-5-7-21(19)30/h4-13H,14-15H2,1-3H3,(H,31,33)/b24-13+. The second-order valence-corrected chi connectivity index (χ2v) is 10.8. The Kier molecular flexibility index (Phi) is 8.81. The fourth-order valence-electron chi connectivity index (χ4n) is 3.72. The van der Waals surface area contributed by atoms with Gasteiger partial charge in [-0.1, -0.05) is 41.9 Å². The molecule has 10 heteroatoms. The molecule has 1 heterocycles. The lowest BCUT2D eigenvalue weighted by atomic mass is 10.1. The van der Waals surface area contributed by atoms with Gasteiger partial charge in [0.2, 0.25) is 5.91 Å². The molecule has 3 amide bonds. The summed E-state index contributed by atoms with van der Waals surface area (Å²) in [6.45, 7) is 3.65. The van der Waals surface area contributed by atoms with Crippen molar-refractivity contribution in [3.05, 3.63) is 91.3 Å². The van der Waals surface area contributed by atoms with Crippen molar-refractivity contribution in [1.82, 2.24) is 4.90 Å². The molecule has 0 bridgehead atoms. The summed E-state index contributed by atoms with van der Waals surface area (Å²) < 4.78 is 12.1. The number of nitrogens with zero attached hydrogens (tertiary/aromatic N) is 1. The molecule has 3 aromatic rings. The summed E-state index contributed by atoms with van der Waals surface area (Å²) in [6, 6.07) is 16.5. The Morgan fingerprint density at radius 3 is 2.63 bits per heavy atom. The molecular weight excluding hydrogens is 592 g/mol. The molecule has 0 radical (unpaired) electrons. The van der Waals surface area contributed by atoms with Crippen LogP contribution in [-0.2, 0) is 16.2 Å². The summed E-state index contributed by atoms with van der Waals surface area (Å²) in [7, 11) is 1.51. The zero-order chi connectivity index (χ0) is 27.4. The van der Waals surface area contributed by atoms with E-state index >= 15 is 0 Å². The quantitative estimate of drug-likeness (QED) is 0.275. The topological polar surface area (TPSA) is 84.9 Å². The third kappa shape index (κ3) is 6.40. The van der Waals surface area contributed by atoms with Gasteiger partial charge in [-0.2, -0.15) is 0 Å². The van der Waals surface area contributed by atoms with Gasteiger partial charge >= 0.3 is 0 Å². The van der Waals surface area contributed by atoms with Gasteiger partial charge in [-0.05, 0) is 88.6 Å². The molecule has 1 saturated heterocycles. The molecule has 4 rings (SSSR count). The molecule has 0 aliphatic carbocycles. The monoisotopic (exact) mass is 614 g/mol. The number of halogens is 2. The summed E-state index contributed by atoms with van der Waals surface area (Å²) in [5.74, 6) is -0.0810. The van der Waals surface area contributed by atoms with Crippen LogP contribution in [0, 0.1) is 13.8 Å². The van der Waals surface area contributed by atoms with E-state index in [0.717, 1.165) is 33.4 Å². The van der Waals surface area contributed by atoms with Crippen molar-refractivity contribution in [3.8, 4) is 11.5 Å². The maximum Gasteiger partial charge on any atom is 0.294 e. The summed E-state index contributed by atoms with van der Waals surface area (Å²) in [4.78, 5) is 39.3. The number of carbonyl (C=O) groups excluding carboxylic acids is 3. The number of carbonyl (C=O) groups is 3. The highest BCUT2D eigenvalue weighted by Gasteiger charge is 2.36. The fraction of sp³-hybridized carbons (Fsp3) is 0.179. The van der Waals surface area contributed by atoms with Crippen LogP contribution < -0.4 is 14.8 Å². The molecule has 1 N–H and O–H groups in total. The maximum absolute atomic E-state index is 13.0. The van der Waals surface area contributed by atoms with E-state index in [1.54, 1.807) is 24.3 Å². The van der Waals surface area contributed by atoms with Gasteiger partial charge in [-0.25, -0.2) is 0 Å². The SMILES string of the molecule is COc1cc(/C=C2/SC(=O)N(CC(=O)Nc3cc(C)ccc3C)C2=O)cc(Br)c1OCc1ccccc1Cl. The van der Waals surface area contributed by atoms with Crippen molar-refractivity contribution in [1.29, 1.82) is 0 Å². The average molecular weight is 616 g/mol. The molecule has 1 fully saturated rings. The van der Waals surface area contributed by atoms with Gasteiger partial charge in [0.1, 0.15) is 13.2 Å². The number of hydrogen-bond donors (Lipinski definition) is 1. The van der Waals surface area contributed by atoms with Crippen LogP contribution in [0.1, 0.15) is 22.3 Å². The predicted octanol–water partition coefficient (Wildman–Crippen LogP) is 6.98. The van der Waals surface area contributed by atoms with Gasteiger partial charge in [0, 0.05) is 16.3 Å². The van der Waals surface area contributed by atoms with E-state index < -0.39 is 17.1 Å². The number of imide groups is 1. The summed E-state index contributed by atoms with van der Waals surface area (Å²) in [5, 5.41) is 2.86. The van der Waals surface area contributed by atoms with Gasteiger partial charge in [0.15, 0.2) is 11.5 Å². The molecule has 0 unspecified atom stereocenters. The Labute approximate surface area is 238 Å². The minimum Gasteiger partial charge on any atom is -0.493 e. The highest BCUT2D eigenvalue weighted by Crippen LogP contribution is 2.39. The highest BCUT2D eigenvalue weighted by molar-refractivity contribution is 9.10. The van der Waals surface area contributed by atoms with E-state index in [2.05, 4.69) is 21.2 Å². The maximum atomic E-state index is 13.0. The Balaban J connectivity index is 1.48. The number of thioether (sulfide) groups is 1.